The second-order valence-corrected chi connectivity index (χ2v) is 11.0. The molecule has 2 unspecified atom stereocenters. The number of methoxy groups -OCH3 is 1. The summed E-state index contributed by atoms with van der Waals surface area (Å²) in [5, 5.41) is 4.97. The van der Waals surface area contributed by atoms with E-state index in [0.29, 0.717) is 18.2 Å². The van der Waals surface area contributed by atoms with Crippen molar-refractivity contribution in [2.45, 2.75) is 51.5 Å². The minimum atomic E-state index is -1.05. The molecule has 3 aromatic rings. The zero-order valence-electron chi connectivity index (χ0n) is 24.2. The summed E-state index contributed by atoms with van der Waals surface area (Å²) in [6.07, 6.45) is 0.357. The summed E-state index contributed by atoms with van der Waals surface area (Å²) in [4.78, 5) is 33.7. The molecule has 1 aromatic heterocycles. The maximum absolute atomic E-state index is 13.6. The number of carbonyl (C=O) groups excluding carboxylic acids is 2. The van der Waals surface area contributed by atoms with E-state index in [1.165, 1.54) is 11.3 Å². The number of carbonyl (C=O) groups is 2. The molecule has 1 aliphatic heterocycles. The van der Waals surface area contributed by atoms with E-state index < -0.39 is 11.8 Å². The fourth-order valence-corrected chi connectivity index (χ4v) is 5.74. The van der Waals surface area contributed by atoms with Crippen molar-refractivity contribution < 1.29 is 23.8 Å². The monoisotopic (exact) mass is 578 g/mol. The first-order chi connectivity index (χ1) is 19.7. The second kappa shape index (κ2) is 13.3. The van der Waals surface area contributed by atoms with E-state index in [0.717, 1.165) is 27.3 Å². The Morgan fingerprint density at radius 1 is 1.17 bits per heavy atom. The summed E-state index contributed by atoms with van der Waals surface area (Å²) in [6.45, 7) is 6.34. The fraction of sp³-hybridized carbons (Fsp3) is 0.387. The minimum Gasteiger partial charge on any atom is -0.457 e. The molecule has 2 heterocycles. The highest BCUT2D eigenvalue weighted by molar-refractivity contribution is 7.10. The predicted octanol–water partition coefficient (Wildman–Crippen LogP) is 4.58. The van der Waals surface area contributed by atoms with Gasteiger partial charge < -0.3 is 30.2 Å². The normalized spacial score (nSPS) is 19.7. The van der Waals surface area contributed by atoms with Crippen LogP contribution in [0, 0.1) is 6.92 Å². The Kier molecular flexibility index (Phi) is 9.80. The maximum atomic E-state index is 13.6. The van der Waals surface area contributed by atoms with E-state index >= 15 is 0 Å². The molecule has 2 aromatic carbocycles. The number of aliphatic imine (C=N–C) groups is 1. The van der Waals surface area contributed by atoms with Gasteiger partial charge in [-0.25, -0.2) is 0 Å². The van der Waals surface area contributed by atoms with Crippen LogP contribution >= 0.6 is 11.3 Å². The summed E-state index contributed by atoms with van der Waals surface area (Å²) >= 11 is 1.49. The van der Waals surface area contributed by atoms with E-state index in [2.05, 4.69) is 10.3 Å². The van der Waals surface area contributed by atoms with Gasteiger partial charge in [0, 0.05) is 43.0 Å². The molecule has 3 N–H and O–H groups in total. The second-order valence-electron chi connectivity index (χ2n) is 10.1. The smallest absolute Gasteiger partial charge is 0.243 e. The average molecular weight is 579 g/mol. The van der Waals surface area contributed by atoms with Crippen molar-refractivity contribution in [2.75, 3.05) is 27.3 Å². The lowest BCUT2D eigenvalue weighted by Gasteiger charge is -2.27. The van der Waals surface area contributed by atoms with Crippen LogP contribution in [-0.4, -0.2) is 61.7 Å². The molecule has 10 heteroatoms. The van der Waals surface area contributed by atoms with Gasteiger partial charge in [0.1, 0.15) is 23.4 Å². The number of aryl methyl sites for hydroxylation is 1. The number of benzene rings is 2. The Bertz CT molecular complexity index is 1370. The van der Waals surface area contributed by atoms with E-state index in [1.54, 1.807) is 19.1 Å². The predicted molar refractivity (Wildman–Crippen MR) is 160 cm³/mol. The number of likely N-dealkylation sites (tertiary alicyclic amines) is 1. The van der Waals surface area contributed by atoms with Crippen molar-refractivity contribution >= 4 is 29.0 Å². The minimum absolute atomic E-state index is 0.125. The van der Waals surface area contributed by atoms with Gasteiger partial charge in [0.2, 0.25) is 11.8 Å². The number of hydrogen-bond donors (Lipinski definition) is 2. The van der Waals surface area contributed by atoms with Gasteiger partial charge in [0.05, 0.1) is 19.0 Å². The van der Waals surface area contributed by atoms with E-state index in [4.69, 9.17) is 19.9 Å². The summed E-state index contributed by atoms with van der Waals surface area (Å²) in [5.74, 6) is 0.356. The van der Waals surface area contributed by atoms with Gasteiger partial charge in [-0.1, -0.05) is 29.8 Å². The third-order valence-electron chi connectivity index (χ3n) is 7.17. The van der Waals surface area contributed by atoms with Gasteiger partial charge in [-0.05, 0) is 56.7 Å². The molecule has 0 saturated carbocycles. The number of rotatable bonds is 11. The molecule has 4 rings (SSSR count). The van der Waals surface area contributed by atoms with Gasteiger partial charge in [-0.3, -0.25) is 14.6 Å². The molecular formula is C31H38N4O5S. The quantitative estimate of drug-likeness (QED) is 0.196. The van der Waals surface area contributed by atoms with Crippen molar-refractivity contribution in [3.63, 3.8) is 0 Å². The lowest BCUT2D eigenvalue weighted by Crippen LogP contribution is -2.47. The van der Waals surface area contributed by atoms with Crippen molar-refractivity contribution in [2.24, 2.45) is 10.7 Å². The topological polar surface area (TPSA) is 115 Å². The molecule has 41 heavy (non-hydrogen) atoms. The molecule has 0 spiro atoms. The lowest BCUT2D eigenvalue weighted by atomic mass is 10.1. The summed E-state index contributed by atoms with van der Waals surface area (Å²) in [5.41, 5.74) is 8.72. The largest absolute Gasteiger partial charge is 0.457 e. The molecule has 218 valence electrons. The molecular weight excluding hydrogens is 540 g/mol. The van der Waals surface area contributed by atoms with Crippen LogP contribution in [0.4, 0.5) is 0 Å². The standard InChI is InChI=1S/C31H38N4O5S/c1-6-39-31(38-5)17-26(30(37)34-21(3)27-16-23(18-41-27)29(32)33-4)35(19-31)28(36)15-22-9-13-25(14-10-22)40-24-11-7-20(2)8-12-24/h7-14,16,18,21,26H,6,15,17,19H2,1-5H3,(H2,32,33)(H,34,37)/t21-,26?,31?/m1/s1. The van der Waals surface area contributed by atoms with E-state index in [-0.39, 0.29) is 37.2 Å². The third kappa shape index (κ3) is 7.32. The maximum Gasteiger partial charge on any atom is 0.243 e. The highest BCUT2D eigenvalue weighted by Gasteiger charge is 2.50. The molecule has 3 atom stereocenters. The van der Waals surface area contributed by atoms with Crippen molar-refractivity contribution in [1.82, 2.24) is 10.2 Å². The first-order valence-electron chi connectivity index (χ1n) is 13.6. The summed E-state index contributed by atoms with van der Waals surface area (Å²) in [7, 11) is 3.18. The molecule has 2 amide bonds. The number of hydrogen-bond acceptors (Lipinski definition) is 7. The Hall–Kier alpha value is -3.73. The van der Waals surface area contributed by atoms with Crippen LogP contribution in [0.1, 0.15) is 47.9 Å². The summed E-state index contributed by atoms with van der Waals surface area (Å²) < 4.78 is 17.6. The highest BCUT2D eigenvalue weighted by atomic mass is 32.1. The number of nitrogens with one attached hydrogen (secondary N) is 1. The molecule has 1 aliphatic rings. The van der Waals surface area contributed by atoms with Crippen LogP contribution < -0.4 is 15.8 Å². The van der Waals surface area contributed by atoms with Crippen LogP contribution in [-0.2, 0) is 25.5 Å². The first-order valence-corrected chi connectivity index (χ1v) is 14.5. The van der Waals surface area contributed by atoms with Crippen LogP contribution in [0.3, 0.4) is 0 Å². The van der Waals surface area contributed by atoms with Gasteiger partial charge in [0.15, 0.2) is 5.79 Å². The Balaban J connectivity index is 1.46. The molecule has 1 fully saturated rings. The van der Waals surface area contributed by atoms with Gasteiger partial charge in [-0.2, -0.15) is 0 Å². The van der Waals surface area contributed by atoms with Crippen LogP contribution in [0.5, 0.6) is 11.5 Å². The zero-order valence-corrected chi connectivity index (χ0v) is 25.0. The molecule has 1 saturated heterocycles. The fourth-order valence-electron chi connectivity index (χ4n) is 4.83. The summed E-state index contributed by atoms with van der Waals surface area (Å²) in [6, 6.07) is 16.1. The zero-order chi connectivity index (χ0) is 29.6. The molecule has 0 radical (unpaired) electrons. The van der Waals surface area contributed by atoms with Crippen LogP contribution in [0.2, 0.25) is 0 Å². The number of amidine groups is 1. The molecule has 0 bridgehead atoms. The first kappa shape index (κ1) is 30.2. The molecule has 0 aliphatic carbocycles. The van der Waals surface area contributed by atoms with Crippen molar-refractivity contribution in [3.05, 3.63) is 81.5 Å². The number of amides is 2. The number of thiophene rings is 1. The van der Waals surface area contributed by atoms with E-state index in [9.17, 15) is 9.59 Å². The lowest BCUT2D eigenvalue weighted by molar-refractivity contribution is -0.210. The van der Waals surface area contributed by atoms with Crippen LogP contribution in [0.15, 0.2) is 65.0 Å². The number of nitrogens with zero attached hydrogens (tertiary/aromatic N) is 2. The van der Waals surface area contributed by atoms with E-state index in [1.807, 2.05) is 80.7 Å². The highest BCUT2D eigenvalue weighted by Crippen LogP contribution is 2.33. The van der Waals surface area contributed by atoms with Crippen LogP contribution in [0.25, 0.3) is 0 Å². The number of ether oxygens (including phenoxy) is 3. The Labute approximate surface area is 245 Å². The SMILES string of the molecule is CCOC1(OC)CC(C(=O)N[C@H](C)c2cc(C(N)=NC)cs2)N(C(=O)Cc2ccc(Oc3ccc(C)cc3)cc2)C1. The van der Waals surface area contributed by atoms with Crippen molar-refractivity contribution in [1.29, 1.82) is 0 Å². The third-order valence-corrected chi connectivity index (χ3v) is 8.29. The molecule has 9 nitrogen and oxygen atoms in total. The average Bonchev–Trinajstić information content (AvgIpc) is 3.62. The Morgan fingerprint density at radius 2 is 1.83 bits per heavy atom. The number of nitrogens with two attached hydrogens (primary N) is 1. The van der Waals surface area contributed by atoms with Gasteiger partial charge in [0.25, 0.3) is 0 Å². The van der Waals surface area contributed by atoms with Crippen molar-refractivity contribution in [3.8, 4) is 11.5 Å². The van der Waals surface area contributed by atoms with Gasteiger partial charge >= 0.3 is 0 Å². The van der Waals surface area contributed by atoms with Gasteiger partial charge in [-0.15, -0.1) is 11.3 Å². The Morgan fingerprint density at radius 3 is 2.44 bits per heavy atom.